The summed E-state index contributed by atoms with van der Waals surface area (Å²) >= 11 is 0. The Labute approximate surface area is 189 Å². The molecule has 1 rings (SSSR count). The van der Waals surface area contributed by atoms with Crippen LogP contribution in [0.3, 0.4) is 0 Å². The quantitative estimate of drug-likeness (QED) is 0.153. The summed E-state index contributed by atoms with van der Waals surface area (Å²) in [6.45, 7) is 8.13. The van der Waals surface area contributed by atoms with Crippen LogP contribution in [0, 0.1) is 12.3 Å². The normalized spacial score (nSPS) is 11.1. The van der Waals surface area contributed by atoms with E-state index in [0.29, 0.717) is 0 Å². The van der Waals surface area contributed by atoms with Gasteiger partial charge in [-0.2, -0.15) is 0 Å². The lowest BCUT2D eigenvalue weighted by atomic mass is 10.1. The van der Waals surface area contributed by atoms with Crippen LogP contribution >= 0.6 is 0 Å². The molecule has 0 saturated carbocycles. The Morgan fingerprint density at radius 2 is 1.00 bits per heavy atom. The summed E-state index contributed by atoms with van der Waals surface area (Å²) in [7, 11) is 0. The summed E-state index contributed by atoms with van der Waals surface area (Å²) in [5.41, 5.74) is 2.38. The second-order valence-corrected chi connectivity index (χ2v) is 9.07. The Morgan fingerprint density at radius 3 is 1.40 bits per heavy atom. The Kier molecular flexibility index (Phi) is 17.6. The number of unbranched alkanes of at least 4 members (excludes halogenated alkanes) is 14. The van der Waals surface area contributed by atoms with Crippen molar-refractivity contribution >= 4 is 0 Å². The lowest BCUT2D eigenvalue weighted by molar-refractivity contribution is 0.252. The van der Waals surface area contributed by atoms with Crippen molar-refractivity contribution in [3.63, 3.8) is 0 Å². The van der Waals surface area contributed by atoms with Crippen molar-refractivity contribution < 1.29 is 0 Å². The van der Waals surface area contributed by atoms with Gasteiger partial charge in [0.2, 0.25) is 0 Å². The van der Waals surface area contributed by atoms with Crippen LogP contribution in [-0.4, -0.2) is 18.0 Å². The minimum absolute atomic E-state index is 0.983. The number of rotatable bonds is 20. The minimum atomic E-state index is 0.983. The second kappa shape index (κ2) is 19.7. The molecule has 0 heterocycles. The fraction of sp³-hybridized carbons (Fsp3) is 0.724. The van der Waals surface area contributed by atoms with Gasteiger partial charge in [0, 0.05) is 12.1 Å². The fourth-order valence-corrected chi connectivity index (χ4v) is 4.17. The van der Waals surface area contributed by atoms with Crippen LogP contribution in [0.4, 0.5) is 0 Å². The van der Waals surface area contributed by atoms with E-state index in [1.807, 2.05) is 0 Å². The Balaban J connectivity index is 2.29. The average molecular weight is 412 g/mol. The highest BCUT2D eigenvalue weighted by atomic mass is 15.1. The van der Waals surface area contributed by atoms with Gasteiger partial charge in [0.1, 0.15) is 0 Å². The predicted octanol–water partition coefficient (Wildman–Crippen LogP) is 8.75. The number of hydrogen-bond acceptors (Lipinski definition) is 1. The molecule has 0 aliphatic carbocycles. The molecule has 1 nitrogen and oxygen atoms in total. The van der Waals surface area contributed by atoms with Crippen molar-refractivity contribution in [3.05, 3.63) is 35.4 Å². The molecule has 0 aromatic heterocycles. The Bertz CT molecular complexity index is 504. The van der Waals surface area contributed by atoms with Crippen LogP contribution < -0.4 is 0 Å². The van der Waals surface area contributed by atoms with E-state index in [4.69, 9.17) is 6.42 Å². The third-order valence-corrected chi connectivity index (χ3v) is 6.18. The molecule has 0 N–H and O–H groups in total. The average Bonchev–Trinajstić information content (AvgIpc) is 2.77. The number of nitrogens with zero attached hydrogens (tertiary/aromatic N) is 1. The van der Waals surface area contributed by atoms with E-state index in [2.05, 4.69) is 48.9 Å². The van der Waals surface area contributed by atoms with Gasteiger partial charge in [-0.1, -0.05) is 122 Å². The van der Waals surface area contributed by atoms with Crippen molar-refractivity contribution in [1.82, 2.24) is 4.90 Å². The molecule has 1 aromatic carbocycles. The summed E-state index contributed by atoms with van der Waals surface area (Å²) in [4.78, 5) is 2.68. The highest BCUT2D eigenvalue weighted by molar-refractivity contribution is 5.34. The maximum atomic E-state index is 5.51. The maximum absolute atomic E-state index is 5.51. The van der Waals surface area contributed by atoms with Crippen LogP contribution in [0.2, 0.25) is 0 Å². The predicted molar refractivity (Wildman–Crippen MR) is 135 cm³/mol. The highest BCUT2D eigenvalue weighted by Gasteiger charge is 2.06. The molecule has 0 atom stereocenters. The van der Waals surface area contributed by atoms with Gasteiger partial charge in [0.15, 0.2) is 0 Å². The van der Waals surface area contributed by atoms with E-state index in [-0.39, 0.29) is 0 Å². The molecule has 0 bridgehead atoms. The molecule has 170 valence electrons. The lowest BCUT2D eigenvalue weighted by Crippen LogP contribution is -2.25. The standard InChI is InChI=1S/C29H49N/c1-4-7-9-11-13-15-17-19-25-30(26-20-18-16-14-12-10-8-5-2)27-29-23-21-28(6-3)22-24-29/h3,21-24H,4-5,7-20,25-27H2,1-2H3. The first kappa shape index (κ1) is 26.8. The zero-order valence-electron chi connectivity index (χ0n) is 20.3. The van der Waals surface area contributed by atoms with Crippen LogP contribution in [0.25, 0.3) is 0 Å². The van der Waals surface area contributed by atoms with Crippen molar-refractivity contribution in [1.29, 1.82) is 0 Å². The molecule has 30 heavy (non-hydrogen) atoms. The van der Waals surface area contributed by atoms with Crippen molar-refractivity contribution in [2.24, 2.45) is 0 Å². The van der Waals surface area contributed by atoms with Gasteiger partial charge in [-0.15, -0.1) is 6.42 Å². The Hall–Kier alpha value is -1.26. The third kappa shape index (κ3) is 14.7. The van der Waals surface area contributed by atoms with E-state index in [0.717, 1.165) is 12.1 Å². The summed E-state index contributed by atoms with van der Waals surface area (Å²) in [5, 5.41) is 0. The Morgan fingerprint density at radius 1 is 0.600 bits per heavy atom. The summed E-state index contributed by atoms with van der Waals surface area (Å²) < 4.78 is 0. The van der Waals surface area contributed by atoms with Gasteiger partial charge in [0.05, 0.1) is 0 Å². The molecule has 0 aliphatic heterocycles. The largest absolute Gasteiger partial charge is 0.299 e. The van der Waals surface area contributed by atoms with E-state index < -0.39 is 0 Å². The molecule has 1 heteroatoms. The zero-order chi connectivity index (χ0) is 21.7. The van der Waals surface area contributed by atoms with Crippen LogP contribution in [0.1, 0.15) is 128 Å². The van der Waals surface area contributed by atoms with Crippen LogP contribution in [0.5, 0.6) is 0 Å². The van der Waals surface area contributed by atoms with Gasteiger partial charge < -0.3 is 0 Å². The van der Waals surface area contributed by atoms with Gasteiger partial charge in [-0.3, -0.25) is 4.90 Å². The van der Waals surface area contributed by atoms with Gasteiger partial charge >= 0.3 is 0 Å². The van der Waals surface area contributed by atoms with Crippen molar-refractivity contribution in [3.8, 4) is 12.3 Å². The molecule has 0 aliphatic rings. The summed E-state index contributed by atoms with van der Waals surface area (Å²) in [5.74, 6) is 2.73. The van der Waals surface area contributed by atoms with Crippen molar-refractivity contribution in [2.45, 2.75) is 123 Å². The number of benzene rings is 1. The molecule has 0 saturated heterocycles. The molecule has 0 amide bonds. The molecular formula is C29H49N. The molecule has 0 spiro atoms. The third-order valence-electron chi connectivity index (χ3n) is 6.18. The monoisotopic (exact) mass is 411 g/mol. The minimum Gasteiger partial charge on any atom is -0.299 e. The molecule has 0 fully saturated rings. The van der Waals surface area contributed by atoms with Gasteiger partial charge in [0.25, 0.3) is 0 Å². The SMILES string of the molecule is C#Cc1ccc(CN(CCCCCCCCCC)CCCCCCCCCC)cc1. The first-order chi connectivity index (χ1) is 14.8. The number of hydrogen-bond donors (Lipinski definition) is 0. The lowest BCUT2D eigenvalue weighted by Gasteiger charge is -2.22. The zero-order valence-corrected chi connectivity index (χ0v) is 20.3. The van der Waals surface area contributed by atoms with Crippen molar-refractivity contribution in [2.75, 3.05) is 13.1 Å². The molecule has 0 unspecified atom stereocenters. The van der Waals surface area contributed by atoms with E-state index in [1.54, 1.807) is 0 Å². The molecule has 1 aromatic rings. The summed E-state index contributed by atoms with van der Waals surface area (Å²) in [6.07, 6.45) is 27.8. The van der Waals surface area contributed by atoms with Gasteiger partial charge in [-0.05, 0) is 43.6 Å². The molecular weight excluding hydrogens is 362 g/mol. The topological polar surface area (TPSA) is 3.24 Å². The molecule has 0 radical (unpaired) electrons. The first-order valence-corrected chi connectivity index (χ1v) is 13.1. The fourth-order valence-electron chi connectivity index (χ4n) is 4.17. The smallest absolute Gasteiger partial charge is 0.0242 e. The second-order valence-electron chi connectivity index (χ2n) is 9.07. The van der Waals surface area contributed by atoms with E-state index in [1.165, 1.54) is 121 Å². The van der Waals surface area contributed by atoms with Crippen LogP contribution in [-0.2, 0) is 6.54 Å². The highest BCUT2D eigenvalue weighted by Crippen LogP contribution is 2.14. The first-order valence-electron chi connectivity index (χ1n) is 13.1. The number of terminal acetylenes is 1. The summed E-state index contributed by atoms with van der Waals surface area (Å²) in [6, 6.07) is 8.59. The van der Waals surface area contributed by atoms with E-state index >= 15 is 0 Å². The van der Waals surface area contributed by atoms with E-state index in [9.17, 15) is 0 Å². The maximum Gasteiger partial charge on any atom is 0.0242 e. The van der Waals surface area contributed by atoms with Crippen LogP contribution in [0.15, 0.2) is 24.3 Å². The van der Waals surface area contributed by atoms with Gasteiger partial charge in [-0.25, -0.2) is 0 Å².